The molecule has 1 fully saturated rings. The molecule has 0 aliphatic carbocycles. The Morgan fingerprint density at radius 2 is 1.71 bits per heavy atom. The lowest BCUT2D eigenvalue weighted by molar-refractivity contribution is 0.0281. The highest BCUT2D eigenvalue weighted by Crippen LogP contribution is 2.38. The Balaban J connectivity index is 1.43. The summed E-state index contributed by atoms with van der Waals surface area (Å²) >= 11 is 6.04. The van der Waals surface area contributed by atoms with E-state index in [-0.39, 0.29) is 11.4 Å². The zero-order valence-corrected chi connectivity index (χ0v) is 20.1. The third-order valence-corrected chi connectivity index (χ3v) is 6.57. The molecule has 2 aromatic heterocycles. The van der Waals surface area contributed by atoms with E-state index in [1.165, 1.54) is 4.90 Å². The van der Waals surface area contributed by atoms with E-state index in [0.29, 0.717) is 40.8 Å². The van der Waals surface area contributed by atoms with Crippen molar-refractivity contribution in [3.63, 3.8) is 0 Å². The normalized spacial score (nSPS) is 18.9. The van der Waals surface area contributed by atoms with Crippen molar-refractivity contribution in [2.24, 2.45) is 0 Å². The summed E-state index contributed by atoms with van der Waals surface area (Å²) < 4.78 is 5.96. The van der Waals surface area contributed by atoms with E-state index >= 15 is 0 Å². The quantitative estimate of drug-likeness (QED) is 0.504. The molecule has 0 spiro atoms. The lowest BCUT2D eigenvalue weighted by Gasteiger charge is -2.42. The smallest absolute Gasteiger partial charge is 0.412 e. The van der Waals surface area contributed by atoms with Crippen LogP contribution in [0, 0.1) is 0 Å². The molecule has 1 atom stereocenters. The number of rotatable bonds is 2. The number of nitrogens with zero attached hydrogens (tertiary/aromatic N) is 5. The highest BCUT2D eigenvalue weighted by Gasteiger charge is 2.42. The number of hydrogen-bond acceptors (Lipinski definition) is 6. The molecule has 9 heteroatoms. The summed E-state index contributed by atoms with van der Waals surface area (Å²) in [6.45, 7) is 9.15. The van der Waals surface area contributed by atoms with Crippen LogP contribution in [0.15, 0.2) is 48.5 Å². The van der Waals surface area contributed by atoms with Gasteiger partial charge in [-0.1, -0.05) is 29.8 Å². The van der Waals surface area contributed by atoms with Gasteiger partial charge in [0.25, 0.3) is 5.91 Å². The molecule has 8 nitrogen and oxygen atoms in total. The molecule has 1 aromatic carbocycles. The van der Waals surface area contributed by atoms with E-state index in [1.807, 2.05) is 18.2 Å². The minimum atomic E-state index is -0.916. The number of pyridine rings is 2. The van der Waals surface area contributed by atoms with E-state index < -0.39 is 12.3 Å². The van der Waals surface area contributed by atoms with Crippen LogP contribution >= 0.6 is 11.6 Å². The number of amides is 2. The fraction of sp³-hybridized carbons (Fsp3) is 0.360. The van der Waals surface area contributed by atoms with Crippen molar-refractivity contribution in [3.8, 4) is 0 Å². The second-order valence-corrected chi connectivity index (χ2v) is 9.88. The number of benzene rings is 1. The number of carbonyl (C=O) groups is 2. The van der Waals surface area contributed by atoms with Crippen molar-refractivity contribution in [2.75, 3.05) is 31.1 Å². The zero-order chi connectivity index (χ0) is 24.0. The number of carbonyl (C=O) groups excluding carboxylic acids is 2. The highest BCUT2D eigenvalue weighted by molar-refractivity contribution is 6.29. The molecule has 3 aromatic rings. The lowest BCUT2D eigenvalue weighted by Crippen LogP contribution is -2.55. The molecule has 5 rings (SSSR count). The van der Waals surface area contributed by atoms with Gasteiger partial charge in [0.15, 0.2) is 5.65 Å². The van der Waals surface area contributed by atoms with Gasteiger partial charge in [0.05, 0.1) is 0 Å². The molecule has 0 bridgehead atoms. The van der Waals surface area contributed by atoms with E-state index in [1.54, 1.807) is 35.2 Å². The number of aromatic nitrogens is 2. The maximum atomic E-state index is 13.3. The zero-order valence-electron chi connectivity index (χ0n) is 19.4. The fourth-order valence-electron chi connectivity index (χ4n) is 4.45. The molecule has 1 unspecified atom stereocenters. The molecule has 0 saturated carbocycles. The van der Waals surface area contributed by atoms with Crippen LogP contribution in [0.3, 0.4) is 0 Å². The van der Waals surface area contributed by atoms with Gasteiger partial charge in [0.1, 0.15) is 11.0 Å². The first-order chi connectivity index (χ1) is 16.2. The van der Waals surface area contributed by atoms with Gasteiger partial charge in [-0.15, -0.1) is 0 Å². The fourth-order valence-corrected chi connectivity index (χ4v) is 4.60. The molecule has 176 valence electrons. The Labute approximate surface area is 203 Å². The van der Waals surface area contributed by atoms with Crippen molar-refractivity contribution in [3.05, 3.63) is 64.8 Å². The van der Waals surface area contributed by atoms with Crippen LogP contribution < -0.4 is 4.90 Å². The topological polar surface area (TPSA) is 78.9 Å². The largest absolute Gasteiger partial charge is 0.420 e. The summed E-state index contributed by atoms with van der Waals surface area (Å²) in [5.41, 5.74) is 1.58. The number of hydrogen-bond donors (Lipinski definition) is 0. The van der Waals surface area contributed by atoms with Gasteiger partial charge in [-0.2, -0.15) is 0 Å². The van der Waals surface area contributed by atoms with Gasteiger partial charge in [0, 0.05) is 48.2 Å². The van der Waals surface area contributed by atoms with Crippen molar-refractivity contribution < 1.29 is 14.3 Å². The summed E-state index contributed by atoms with van der Waals surface area (Å²) in [7, 11) is 0. The molecule has 1 saturated heterocycles. The predicted molar refractivity (Wildman–Crippen MR) is 130 cm³/mol. The summed E-state index contributed by atoms with van der Waals surface area (Å²) in [4.78, 5) is 40.8. The van der Waals surface area contributed by atoms with Crippen LogP contribution in [-0.4, -0.2) is 63.5 Å². The van der Waals surface area contributed by atoms with E-state index in [2.05, 4.69) is 35.6 Å². The van der Waals surface area contributed by atoms with E-state index in [9.17, 15) is 9.59 Å². The maximum Gasteiger partial charge on any atom is 0.412 e. The van der Waals surface area contributed by atoms with Crippen LogP contribution in [0.2, 0.25) is 5.15 Å². The van der Waals surface area contributed by atoms with Gasteiger partial charge >= 0.3 is 6.09 Å². The third kappa shape index (κ3) is 4.08. The second kappa shape index (κ2) is 8.52. The minimum absolute atomic E-state index is 0.0439. The first-order valence-corrected chi connectivity index (χ1v) is 11.7. The van der Waals surface area contributed by atoms with Crippen LogP contribution in [0.25, 0.3) is 11.0 Å². The monoisotopic (exact) mass is 479 g/mol. The van der Waals surface area contributed by atoms with Crippen molar-refractivity contribution in [1.82, 2.24) is 19.8 Å². The number of halogens is 1. The van der Waals surface area contributed by atoms with Crippen LogP contribution in [-0.2, 0) is 4.74 Å². The first-order valence-electron chi connectivity index (χ1n) is 11.3. The van der Waals surface area contributed by atoms with Gasteiger partial charge in [0.2, 0.25) is 6.23 Å². The number of ether oxygens (including phenoxy) is 1. The average Bonchev–Trinajstić information content (AvgIpc) is 3.09. The Morgan fingerprint density at radius 3 is 2.44 bits per heavy atom. The van der Waals surface area contributed by atoms with Gasteiger partial charge in [-0.3, -0.25) is 14.6 Å². The summed E-state index contributed by atoms with van der Waals surface area (Å²) in [5, 5.41) is 1.10. The summed E-state index contributed by atoms with van der Waals surface area (Å²) in [5.74, 6) is 0.0682. The number of piperazine rings is 1. The van der Waals surface area contributed by atoms with Gasteiger partial charge in [-0.25, -0.2) is 14.8 Å². The molecule has 0 radical (unpaired) electrons. The predicted octanol–water partition coefficient (Wildman–Crippen LogP) is 4.49. The molecule has 2 amide bonds. The maximum absolute atomic E-state index is 13.3. The molecule has 2 aliphatic heterocycles. The standard InChI is InChI=1S/C25H26ClN5O3/c1-25(2,3)30-14-12-29(13-15-30)24(33)34-23-18-7-5-4-6-17(18)22(32)31(23)20-11-9-16-8-10-19(26)27-21(16)28-20/h4-11,23H,12-15H2,1-3H3. The Bertz CT molecular complexity index is 1270. The Kier molecular flexibility index (Phi) is 5.65. The molecule has 34 heavy (non-hydrogen) atoms. The van der Waals surface area contributed by atoms with Crippen molar-refractivity contribution in [1.29, 1.82) is 0 Å². The van der Waals surface area contributed by atoms with E-state index in [4.69, 9.17) is 16.3 Å². The van der Waals surface area contributed by atoms with Crippen molar-refractivity contribution in [2.45, 2.75) is 32.5 Å². The molecule has 0 N–H and O–H groups in total. The minimum Gasteiger partial charge on any atom is -0.420 e. The lowest BCUT2D eigenvalue weighted by atomic mass is 10.1. The summed E-state index contributed by atoms with van der Waals surface area (Å²) in [6, 6.07) is 14.2. The average molecular weight is 480 g/mol. The first kappa shape index (κ1) is 22.6. The molecule has 2 aliphatic rings. The molecule has 4 heterocycles. The highest BCUT2D eigenvalue weighted by atomic mass is 35.5. The number of anilines is 1. The number of fused-ring (bicyclic) bond motifs is 2. The van der Waals surface area contributed by atoms with Crippen molar-refractivity contribution >= 4 is 40.5 Å². The van der Waals surface area contributed by atoms with Crippen LogP contribution in [0.4, 0.5) is 10.6 Å². The van der Waals surface area contributed by atoms with Crippen LogP contribution in [0.5, 0.6) is 0 Å². The van der Waals surface area contributed by atoms with Gasteiger partial charge < -0.3 is 9.64 Å². The molecular weight excluding hydrogens is 454 g/mol. The van der Waals surface area contributed by atoms with Gasteiger partial charge in [-0.05, 0) is 51.1 Å². The Morgan fingerprint density at radius 1 is 1.00 bits per heavy atom. The molecular formula is C25H26ClN5O3. The Hall–Kier alpha value is -3.23. The SMILES string of the molecule is CC(C)(C)N1CCN(C(=O)OC2c3ccccc3C(=O)N2c2ccc3ccc(Cl)nc3n2)CC1. The summed E-state index contributed by atoms with van der Waals surface area (Å²) in [6.07, 6.45) is -1.36. The second-order valence-electron chi connectivity index (χ2n) is 9.49. The third-order valence-electron chi connectivity index (χ3n) is 6.36. The van der Waals surface area contributed by atoms with Crippen LogP contribution in [0.1, 0.15) is 42.9 Å². The van der Waals surface area contributed by atoms with E-state index in [0.717, 1.165) is 18.5 Å².